The number of unbranched alkanes of at least 4 members (excludes halogenated alkanes) is 2. The molecule has 0 saturated heterocycles. The van der Waals surface area contributed by atoms with E-state index < -0.39 is 0 Å². The predicted octanol–water partition coefficient (Wildman–Crippen LogP) is 4.37. The van der Waals surface area contributed by atoms with Crippen molar-refractivity contribution in [3.63, 3.8) is 0 Å². The molecule has 0 N–H and O–H groups in total. The normalized spacial score (nSPS) is 11.8. The molecule has 102 valence electrons. The highest BCUT2D eigenvalue weighted by Gasteiger charge is 2.09. The maximum atomic E-state index is 11.6. The zero-order chi connectivity index (χ0) is 13.1. The van der Waals surface area contributed by atoms with Crippen LogP contribution < -0.4 is 0 Å². The Hall–Kier alpha value is -0.370. The van der Waals surface area contributed by atoms with Gasteiger partial charge in [0, 0.05) is 26.1 Å². The molecule has 2 nitrogen and oxygen atoms in total. The fourth-order valence-corrected chi connectivity index (χ4v) is 1.77. The van der Waals surface area contributed by atoms with Crippen molar-refractivity contribution in [2.75, 3.05) is 13.2 Å². The van der Waals surface area contributed by atoms with Gasteiger partial charge in [-0.1, -0.05) is 27.2 Å². The van der Waals surface area contributed by atoms with Crippen LogP contribution in [0.1, 0.15) is 72.6 Å². The Morgan fingerprint density at radius 1 is 1.00 bits per heavy atom. The van der Waals surface area contributed by atoms with Crippen molar-refractivity contribution >= 4 is 5.78 Å². The van der Waals surface area contributed by atoms with E-state index in [2.05, 4.69) is 20.8 Å². The van der Waals surface area contributed by atoms with Crippen LogP contribution in [0.25, 0.3) is 0 Å². The molecule has 0 heterocycles. The number of ketones is 1. The van der Waals surface area contributed by atoms with Gasteiger partial charge >= 0.3 is 0 Å². The molecule has 0 unspecified atom stereocenters. The lowest BCUT2D eigenvalue weighted by molar-refractivity contribution is -0.119. The lowest BCUT2D eigenvalue weighted by atomic mass is 9.89. The summed E-state index contributed by atoms with van der Waals surface area (Å²) in [4.78, 5) is 11.6. The van der Waals surface area contributed by atoms with Crippen LogP contribution in [-0.2, 0) is 9.53 Å². The molecule has 0 aromatic carbocycles. The van der Waals surface area contributed by atoms with E-state index in [0.717, 1.165) is 45.3 Å². The highest BCUT2D eigenvalue weighted by atomic mass is 16.5. The second-order valence-electron chi connectivity index (χ2n) is 5.96. The second kappa shape index (κ2) is 9.64. The Morgan fingerprint density at radius 3 is 2.12 bits per heavy atom. The van der Waals surface area contributed by atoms with E-state index in [1.807, 2.05) is 6.92 Å². The number of hydrogen-bond acceptors (Lipinski definition) is 2. The van der Waals surface area contributed by atoms with Gasteiger partial charge in [0.25, 0.3) is 0 Å². The Bertz CT molecular complexity index is 192. The second-order valence-corrected chi connectivity index (χ2v) is 5.96. The third-order valence-corrected chi connectivity index (χ3v) is 2.83. The van der Waals surface area contributed by atoms with Gasteiger partial charge < -0.3 is 4.74 Å². The smallest absolute Gasteiger partial charge is 0.132 e. The Balaban J connectivity index is 3.29. The summed E-state index contributed by atoms with van der Waals surface area (Å²) >= 11 is 0. The largest absolute Gasteiger partial charge is 0.382 e. The molecular formula is C15H30O2. The van der Waals surface area contributed by atoms with Crippen molar-refractivity contribution in [2.24, 2.45) is 5.41 Å². The molecule has 0 aliphatic heterocycles. The molecule has 0 saturated carbocycles. The molecule has 0 aliphatic carbocycles. The minimum absolute atomic E-state index is 0.403. The molecule has 17 heavy (non-hydrogen) atoms. The van der Waals surface area contributed by atoms with Crippen LogP contribution in [0.15, 0.2) is 0 Å². The average Bonchev–Trinajstić information content (AvgIpc) is 2.23. The standard InChI is InChI=1S/C15H30O2/c1-5-17-13-9-7-11-14(16)10-6-8-12-15(2,3)4/h5-13H2,1-4H3. The van der Waals surface area contributed by atoms with Gasteiger partial charge in [-0.15, -0.1) is 0 Å². The van der Waals surface area contributed by atoms with Crippen LogP contribution >= 0.6 is 0 Å². The van der Waals surface area contributed by atoms with E-state index in [4.69, 9.17) is 4.74 Å². The lowest BCUT2D eigenvalue weighted by Gasteiger charge is -2.17. The zero-order valence-corrected chi connectivity index (χ0v) is 12.2. The molecule has 0 aromatic heterocycles. The van der Waals surface area contributed by atoms with Crippen molar-refractivity contribution in [1.29, 1.82) is 0 Å². The molecule has 0 radical (unpaired) electrons. The molecule has 0 bridgehead atoms. The lowest BCUT2D eigenvalue weighted by Crippen LogP contribution is -2.05. The van der Waals surface area contributed by atoms with Crippen molar-refractivity contribution in [3.8, 4) is 0 Å². The van der Waals surface area contributed by atoms with E-state index >= 15 is 0 Å². The molecular weight excluding hydrogens is 212 g/mol. The van der Waals surface area contributed by atoms with Crippen LogP contribution in [0.5, 0.6) is 0 Å². The molecule has 0 spiro atoms. The van der Waals surface area contributed by atoms with Gasteiger partial charge in [-0.25, -0.2) is 0 Å². The zero-order valence-electron chi connectivity index (χ0n) is 12.2. The first-order valence-corrected chi connectivity index (χ1v) is 7.05. The monoisotopic (exact) mass is 242 g/mol. The summed E-state index contributed by atoms with van der Waals surface area (Å²) in [5.74, 6) is 0.426. The maximum Gasteiger partial charge on any atom is 0.132 e. The van der Waals surface area contributed by atoms with E-state index in [-0.39, 0.29) is 0 Å². The van der Waals surface area contributed by atoms with E-state index in [1.165, 1.54) is 12.8 Å². The summed E-state index contributed by atoms with van der Waals surface area (Å²) in [5.41, 5.74) is 0.403. The summed E-state index contributed by atoms with van der Waals surface area (Å²) in [6.07, 6.45) is 6.95. The van der Waals surface area contributed by atoms with Crippen LogP contribution in [0, 0.1) is 5.41 Å². The highest BCUT2D eigenvalue weighted by molar-refractivity contribution is 5.78. The van der Waals surface area contributed by atoms with Gasteiger partial charge in [-0.2, -0.15) is 0 Å². The summed E-state index contributed by atoms with van der Waals surface area (Å²) < 4.78 is 5.24. The SMILES string of the molecule is CCOCCCCC(=O)CCCCC(C)(C)C. The van der Waals surface area contributed by atoms with Crippen LogP contribution in [0.3, 0.4) is 0 Å². The van der Waals surface area contributed by atoms with Crippen LogP contribution in [-0.4, -0.2) is 19.0 Å². The van der Waals surface area contributed by atoms with Crippen molar-refractivity contribution < 1.29 is 9.53 Å². The quantitative estimate of drug-likeness (QED) is 0.532. The maximum absolute atomic E-state index is 11.6. The number of hydrogen-bond donors (Lipinski definition) is 0. The van der Waals surface area contributed by atoms with Crippen LogP contribution in [0.2, 0.25) is 0 Å². The summed E-state index contributed by atoms with van der Waals surface area (Å²) in [7, 11) is 0. The number of Topliss-reactive ketones (excluding diaryl/α,β-unsaturated/α-hetero) is 1. The number of carbonyl (C=O) groups is 1. The topological polar surface area (TPSA) is 26.3 Å². The molecule has 0 fully saturated rings. The minimum atomic E-state index is 0.403. The van der Waals surface area contributed by atoms with Gasteiger partial charge in [-0.3, -0.25) is 4.79 Å². The van der Waals surface area contributed by atoms with Gasteiger partial charge in [0.2, 0.25) is 0 Å². The molecule has 2 heteroatoms. The molecule has 0 amide bonds. The van der Waals surface area contributed by atoms with Crippen LogP contribution in [0.4, 0.5) is 0 Å². The van der Waals surface area contributed by atoms with E-state index in [9.17, 15) is 4.79 Å². The number of rotatable bonds is 10. The summed E-state index contributed by atoms with van der Waals surface area (Å²) in [6.45, 7) is 10.3. The average molecular weight is 242 g/mol. The Morgan fingerprint density at radius 2 is 1.59 bits per heavy atom. The third-order valence-electron chi connectivity index (χ3n) is 2.83. The first kappa shape index (κ1) is 16.6. The highest BCUT2D eigenvalue weighted by Crippen LogP contribution is 2.22. The first-order chi connectivity index (χ1) is 7.95. The predicted molar refractivity (Wildman–Crippen MR) is 73.3 cm³/mol. The van der Waals surface area contributed by atoms with E-state index in [0.29, 0.717) is 11.2 Å². The Labute approximate surface area is 107 Å². The van der Waals surface area contributed by atoms with Crippen molar-refractivity contribution in [1.82, 2.24) is 0 Å². The molecule has 0 atom stereocenters. The number of ether oxygens (including phenoxy) is 1. The Kier molecular flexibility index (Phi) is 9.43. The minimum Gasteiger partial charge on any atom is -0.382 e. The number of carbonyl (C=O) groups excluding carboxylic acids is 1. The molecule has 0 aliphatic rings. The van der Waals surface area contributed by atoms with E-state index in [1.54, 1.807) is 0 Å². The fourth-order valence-electron chi connectivity index (χ4n) is 1.77. The fraction of sp³-hybridized carbons (Fsp3) is 0.933. The summed E-state index contributed by atoms with van der Waals surface area (Å²) in [6, 6.07) is 0. The van der Waals surface area contributed by atoms with Gasteiger partial charge in [-0.05, 0) is 38.0 Å². The molecule has 0 aromatic rings. The summed E-state index contributed by atoms with van der Waals surface area (Å²) in [5, 5.41) is 0. The van der Waals surface area contributed by atoms with Gasteiger partial charge in [0.15, 0.2) is 0 Å². The molecule has 0 rings (SSSR count). The first-order valence-electron chi connectivity index (χ1n) is 7.05. The van der Waals surface area contributed by atoms with Crippen molar-refractivity contribution in [2.45, 2.75) is 72.6 Å². The van der Waals surface area contributed by atoms with Gasteiger partial charge in [0.1, 0.15) is 5.78 Å². The third kappa shape index (κ3) is 13.6. The van der Waals surface area contributed by atoms with Crippen molar-refractivity contribution in [3.05, 3.63) is 0 Å². The van der Waals surface area contributed by atoms with Gasteiger partial charge in [0.05, 0.1) is 0 Å².